The highest BCUT2D eigenvalue weighted by molar-refractivity contribution is 6.21. The monoisotopic (exact) mass is 592 g/mol. The topological polar surface area (TPSA) is 17.8 Å². The van der Waals surface area contributed by atoms with Crippen LogP contribution in [0.15, 0.2) is 152 Å². The fraction of sp³-hybridized carbons (Fsp3) is 0.114. The van der Waals surface area contributed by atoms with E-state index in [2.05, 4.69) is 177 Å². The van der Waals surface area contributed by atoms with Crippen molar-refractivity contribution in [1.82, 2.24) is 9.55 Å². The molecule has 2 heteroatoms. The van der Waals surface area contributed by atoms with Crippen LogP contribution in [0.5, 0.6) is 0 Å². The Morgan fingerprint density at radius 1 is 0.457 bits per heavy atom. The van der Waals surface area contributed by atoms with Crippen molar-refractivity contribution >= 4 is 32.6 Å². The maximum atomic E-state index is 5.06. The summed E-state index contributed by atoms with van der Waals surface area (Å²) in [6, 6.07) is 54.9. The second-order valence-electron chi connectivity index (χ2n) is 13.4. The molecule has 0 aliphatic heterocycles. The molecule has 1 heterocycles. The zero-order valence-corrected chi connectivity index (χ0v) is 26.5. The van der Waals surface area contributed by atoms with Gasteiger partial charge in [0.2, 0.25) is 0 Å². The lowest BCUT2D eigenvalue weighted by atomic mass is 9.85. The van der Waals surface area contributed by atoms with Gasteiger partial charge in [0.05, 0.1) is 11.0 Å². The average Bonchev–Trinajstić information content (AvgIpc) is 3.44. The largest absolute Gasteiger partial charge is 0.296 e. The Labute approximate surface area is 270 Å². The molecule has 0 amide bonds. The molecule has 0 radical (unpaired) electrons. The number of rotatable bonds is 5. The first-order valence-electron chi connectivity index (χ1n) is 16.1. The summed E-state index contributed by atoms with van der Waals surface area (Å²) in [5.74, 6) is 1.10. The molecule has 8 aromatic rings. The number of benzene rings is 7. The number of fused-ring (bicyclic) bond motifs is 3. The van der Waals surface area contributed by atoms with E-state index in [0.29, 0.717) is 0 Å². The van der Waals surface area contributed by atoms with Crippen LogP contribution >= 0.6 is 0 Å². The minimum atomic E-state index is 0.126. The average molecular weight is 593 g/mol. The molecule has 0 atom stereocenters. The first kappa shape index (κ1) is 28.0. The first-order chi connectivity index (χ1) is 22.4. The van der Waals surface area contributed by atoms with Gasteiger partial charge >= 0.3 is 0 Å². The summed E-state index contributed by atoms with van der Waals surface area (Å²) in [5, 5.41) is 5.05. The molecule has 0 N–H and O–H groups in total. The van der Waals surface area contributed by atoms with Crippen LogP contribution < -0.4 is 0 Å². The summed E-state index contributed by atoms with van der Waals surface area (Å²) >= 11 is 0. The minimum absolute atomic E-state index is 0.126. The predicted octanol–water partition coefficient (Wildman–Crippen LogP) is 11.9. The number of aromatic nitrogens is 2. The Hall–Kier alpha value is -5.47. The van der Waals surface area contributed by atoms with Gasteiger partial charge in [-0.15, -0.1) is 0 Å². The smallest absolute Gasteiger partial charge is 0.114 e. The third-order valence-electron chi connectivity index (χ3n) is 8.95. The summed E-state index contributed by atoms with van der Waals surface area (Å²) in [6.07, 6.45) is 0.895. The van der Waals surface area contributed by atoms with Crippen LogP contribution in [0.2, 0.25) is 0 Å². The van der Waals surface area contributed by atoms with E-state index in [0.717, 1.165) is 29.0 Å². The van der Waals surface area contributed by atoms with Gasteiger partial charge < -0.3 is 0 Å². The Kier molecular flexibility index (Phi) is 6.80. The van der Waals surface area contributed by atoms with Crippen LogP contribution in [0.1, 0.15) is 26.6 Å². The molecule has 1 aromatic heterocycles. The first-order valence-corrected chi connectivity index (χ1v) is 16.1. The van der Waals surface area contributed by atoms with Gasteiger partial charge in [0.15, 0.2) is 0 Å². The molecule has 0 saturated heterocycles. The summed E-state index contributed by atoms with van der Waals surface area (Å²) < 4.78 is 2.34. The van der Waals surface area contributed by atoms with Gasteiger partial charge in [-0.1, -0.05) is 148 Å². The van der Waals surface area contributed by atoms with Crippen molar-refractivity contribution in [3.05, 3.63) is 157 Å². The van der Waals surface area contributed by atoms with Crippen molar-refractivity contribution in [1.29, 1.82) is 0 Å². The van der Waals surface area contributed by atoms with E-state index in [9.17, 15) is 0 Å². The SMILES string of the molecule is CC(C)(C)Cc1nc2ccccc2n1-c1ccc(-c2c3ccccc3c(-c3ccc(-c4ccccc4)cc3)c3ccccc23)cc1. The lowest BCUT2D eigenvalue weighted by molar-refractivity contribution is 0.399. The van der Waals surface area contributed by atoms with Gasteiger partial charge in [0.1, 0.15) is 5.82 Å². The molecule has 0 bridgehead atoms. The molecule has 0 spiro atoms. The Bertz CT molecular complexity index is 2280. The van der Waals surface area contributed by atoms with Crippen molar-refractivity contribution in [2.45, 2.75) is 27.2 Å². The number of nitrogens with zero attached hydrogens (tertiary/aromatic N) is 2. The molecule has 0 saturated carbocycles. The van der Waals surface area contributed by atoms with Crippen LogP contribution in [0.4, 0.5) is 0 Å². The molecule has 0 unspecified atom stereocenters. The molecule has 2 nitrogen and oxygen atoms in total. The van der Waals surface area contributed by atoms with Crippen molar-refractivity contribution in [3.63, 3.8) is 0 Å². The summed E-state index contributed by atoms with van der Waals surface area (Å²) in [5.41, 5.74) is 10.9. The number of para-hydroxylation sites is 2. The zero-order chi connectivity index (χ0) is 31.3. The second-order valence-corrected chi connectivity index (χ2v) is 13.4. The maximum absolute atomic E-state index is 5.06. The second kappa shape index (κ2) is 11.2. The quantitative estimate of drug-likeness (QED) is 0.182. The number of hydrogen-bond donors (Lipinski definition) is 0. The Morgan fingerprint density at radius 2 is 0.891 bits per heavy atom. The van der Waals surface area contributed by atoms with E-state index in [1.807, 2.05) is 0 Å². The number of imidazole rings is 1. The van der Waals surface area contributed by atoms with Crippen molar-refractivity contribution < 1.29 is 0 Å². The predicted molar refractivity (Wildman–Crippen MR) is 196 cm³/mol. The van der Waals surface area contributed by atoms with Crippen LogP contribution in [0, 0.1) is 5.41 Å². The van der Waals surface area contributed by atoms with Crippen LogP contribution in [0.25, 0.3) is 71.6 Å². The van der Waals surface area contributed by atoms with E-state index >= 15 is 0 Å². The summed E-state index contributed by atoms with van der Waals surface area (Å²) in [7, 11) is 0. The van der Waals surface area contributed by atoms with E-state index in [4.69, 9.17) is 4.98 Å². The fourth-order valence-corrected chi connectivity index (χ4v) is 6.94. The van der Waals surface area contributed by atoms with Gasteiger partial charge in [0, 0.05) is 12.1 Å². The maximum Gasteiger partial charge on any atom is 0.114 e. The molecular weight excluding hydrogens is 556 g/mol. The highest BCUT2D eigenvalue weighted by atomic mass is 15.1. The molecular formula is C44H36N2. The van der Waals surface area contributed by atoms with Gasteiger partial charge in [-0.05, 0) is 84.6 Å². The highest BCUT2D eigenvalue weighted by Crippen LogP contribution is 2.44. The third kappa shape index (κ3) is 4.97. The van der Waals surface area contributed by atoms with E-state index in [1.165, 1.54) is 54.9 Å². The third-order valence-corrected chi connectivity index (χ3v) is 8.95. The van der Waals surface area contributed by atoms with Crippen LogP contribution in [0.3, 0.4) is 0 Å². The molecule has 7 aromatic carbocycles. The molecule has 222 valence electrons. The molecule has 0 aliphatic carbocycles. The van der Waals surface area contributed by atoms with Gasteiger partial charge in [-0.3, -0.25) is 4.57 Å². The Morgan fingerprint density at radius 3 is 1.43 bits per heavy atom. The Balaban J connectivity index is 1.28. The van der Waals surface area contributed by atoms with Crippen LogP contribution in [-0.4, -0.2) is 9.55 Å². The van der Waals surface area contributed by atoms with Gasteiger partial charge in [0.25, 0.3) is 0 Å². The number of hydrogen-bond acceptors (Lipinski definition) is 1. The van der Waals surface area contributed by atoms with Crippen molar-refractivity contribution in [2.24, 2.45) is 5.41 Å². The molecule has 46 heavy (non-hydrogen) atoms. The minimum Gasteiger partial charge on any atom is -0.296 e. The van der Waals surface area contributed by atoms with Crippen molar-refractivity contribution in [3.8, 4) is 39.1 Å². The van der Waals surface area contributed by atoms with E-state index in [1.54, 1.807) is 0 Å². The fourth-order valence-electron chi connectivity index (χ4n) is 6.94. The summed E-state index contributed by atoms with van der Waals surface area (Å²) in [6.45, 7) is 6.83. The highest BCUT2D eigenvalue weighted by Gasteiger charge is 2.20. The zero-order valence-electron chi connectivity index (χ0n) is 26.5. The molecule has 0 aliphatic rings. The lowest BCUT2D eigenvalue weighted by Crippen LogP contribution is -2.13. The molecule has 0 fully saturated rings. The standard InChI is InChI=1S/C44H36N2/c1-44(2,3)29-41-45-39-19-11-12-20-40(39)46(41)34-27-25-33(26-28-34)43-37-17-9-7-15-35(37)42(36-16-8-10-18-38(36)43)32-23-21-31(22-24-32)30-13-5-4-6-14-30/h4-28H,29H2,1-3H3. The summed E-state index contributed by atoms with van der Waals surface area (Å²) in [4.78, 5) is 5.06. The van der Waals surface area contributed by atoms with Crippen LogP contribution in [-0.2, 0) is 6.42 Å². The van der Waals surface area contributed by atoms with Crippen molar-refractivity contribution in [2.75, 3.05) is 0 Å². The normalized spacial score (nSPS) is 11.9. The molecule has 8 rings (SSSR count). The van der Waals surface area contributed by atoms with Gasteiger partial charge in [-0.25, -0.2) is 4.98 Å². The lowest BCUT2D eigenvalue weighted by Gasteiger charge is -2.20. The van der Waals surface area contributed by atoms with Gasteiger partial charge in [-0.2, -0.15) is 0 Å². The van der Waals surface area contributed by atoms with E-state index in [-0.39, 0.29) is 5.41 Å². The van der Waals surface area contributed by atoms with E-state index < -0.39 is 0 Å².